The van der Waals surface area contributed by atoms with Crippen molar-refractivity contribution in [1.29, 1.82) is 0 Å². The molecule has 3 aromatic carbocycles. The molecule has 0 atom stereocenters. The van der Waals surface area contributed by atoms with Gasteiger partial charge in [-0.2, -0.15) is 0 Å². The quantitative estimate of drug-likeness (QED) is 0.492. The van der Waals surface area contributed by atoms with Crippen LogP contribution in [0.2, 0.25) is 10.0 Å². The third kappa shape index (κ3) is 3.34. The smallest absolute Gasteiger partial charge is 0.0983 e. The Morgan fingerprint density at radius 3 is 1.52 bits per heavy atom. The normalized spacial score (nSPS) is 11.7. The van der Waals surface area contributed by atoms with Crippen LogP contribution >= 0.6 is 23.2 Å². The topological polar surface area (TPSA) is 6.48 Å². The van der Waals surface area contributed by atoms with E-state index in [-0.39, 0.29) is 0 Å². The Hall–Kier alpha value is -2.00. The van der Waals surface area contributed by atoms with E-state index >= 15 is 0 Å². The molecule has 0 amide bonds. The third-order valence-electron chi connectivity index (χ3n) is 4.99. The number of anilines is 1. The first-order valence-corrected chi connectivity index (χ1v) is 9.60. The van der Waals surface area contributed by atoms with Gasteiger partial charge >= 0.3 is 0 Å². The van der Waals surface area contributed by atoms with Crippen LogP contribution in [-0.2, 0) is 5.54 Å². The Morgan fingerprint density at radius 1 is 0.630 bits per heavy atom. The van der Waals surface area contributed by atoms with Gasteiger partial charge in [0.2, 0.25) is 0 Å². The van der Waals surface area contributed by atoms with Crippen LogP contribution in [0.5, 0.6) is 0 Å². The van der Waals surface area contributed by atoms with Gasteiger partial charge in [-0.15, -0.1) is 0 Å². The molecule has 0 heterocycles. The molecule has 3 aromatic rings. The van der Waals surface area contributed by atoms with Gasteiger partial charge in [0.15, 0.2) is 0 Å². The van der Waals surface area contributed by atoms with Crippen molar-refractivity contribution < 1.29 is 0 Å². The zero-order valence-corrected chi connectivity index (χ0v) is 17.6. The Bertz CT molecular complexity index is 867. The van der Waals surface area contributed by atoms with Crippen LogP contribution in [0.3, 0.4) is 0 Å². The lowest BCUT2D eigenvalue weighted by molar-refractivity contribution is 0.247. The molecule has 0 aliphatic carbocycles. The molecule has 0 radical (unpaired) electrons. The number of rotatable bonds is 5. The lowest BCUT2D eigenvalue weighted by Gasteiger charge is -2.42. The highest BCUT2D eigenvalue weighted by Crippen LogP contribution is 2.47. The standard InChI is InChI=1S/C23H24Cl2N2/c1-26(2)20-16-15-19(21(24)22(20)25)23(27(3)4,17-11-7-5-8-12-17)18-13-9-6-10-14-18/h5-16H,1-4H3. The maximum Gasteiger partial charge on any atom is 0.0983 e. The number of benzene rings is 3. The summed E-state index contributed by atoms with van der Waals surface area (Å²) in [5, 5.41) is 1.14. The van der Waals surface area contributed by atoms with Crippen molar-refractivity contribution in [3.05, 3.63) is 99.5 Å². The molecule has 0 aliphatic rings. The van der Waals surface area contributed by atoms with E-state index in [1.165, 1.54) is 0 Å². The highest BCUT2D eigenvalue weighted by molar-refractivity contribution is 6.44. The second-order valence-electron chi connectivity index (χ2n) is 6.99. The number of hydrogen-bond donors (Lipinski definition) is 0. The monoisotopic (exact) mass is 398 g/mol. The van der Waals surface area contributed by atoms with Crippen LogP contribution in [0.15, 0.2) is 72.8 Å². The van der Waals surface area contributed by atoms with Gasteiger partial charge in [0.05, 0.1) is 21.3 Å². The number of hydrogen-bond acceptors (Lipinski definition) is 2. The summed E-state index contributed by atoms with van der Waals surface area (Å²) in [7, 11) is 8.07. The molecule has 4 heteroatoms. The summed E-state index contributed by atoms with van der Waals surface area (Å²) in [6.07, 6.45) is 0. The number of halogens is 2. The van der Waals surface area contributed by atoms with E-state index in [4.69, 9.17) is 23.2 Å². The SMILES string of the molecule is CN(C)c1ccc(C(c2ccccc2)(c2ccccc2)N(C)C)c(Cl)c1Cl. The fourth-order valence-electron chi connectivity index (χ4n) is 3.76. The molecule has 0 aliphatic heterocycles. The van der Waals surface area contributed by atoms with Gasteiger partial charge < -0.3 is 4.90 Å². The van der Waals surface area contributed by atoms with E-state index in [1.807, 2.05) is 37.2 Å². The lowest BCUT2D eigenvalue weighted by atomic mass is 9.76. The van der Waals surface area contributed by atoms with E-state index < -0.39 is 5.54 Å². The highest BCUT2D eigenvalue weighted by atomic mass is 35.5. The molecule has 0 saturated heterocycles. The molecule has 0 aromatic heterocycles. The average molecular weight is 399 g/mol. The minimum Gasteiger partial charge on any atom is -0.376 e. The third-order valence-corrected chi connectivity index (χ3v) is 5.86. The fraction of sp³-hybridized carbons (Fsp3) is 0.217. The Balaban J connectivity index is 2.40. The summed E-state index contributed by atoms with van der Waals surface area (Å²) in [6, 6.07) is 24.9. The van der Waals surface area contributed by atoms with Crippen LogP contribution in [0.4, 0.5) is 5.69 Å². The van der Waals surface area contributed by atoms with Crippen molar-refractivity contribution in [3.63, 3.8) is 0 Å². The van der Waals surface area contributed by atoms with Gasteiger partial charge in [0.1, 0.15) is 0 Å². The first-order valence-electron chi connectivity index (χ1n) is 8.85. The van der Waals surface area contributed by atoms with Gasteiger partial charge in [0.25, 0.3) is 0 Å². The van der Waals surface area contributed by atoms with E-state index in [9.17, 15) is 0 Å². The molecule has 0 fully saturated rings. The summed E-state index contributed by atoms with van der Waals surface area (Å²) in [5.74, 6) is 0. The summed E-state index contributed by atoms with van der Waals surface area (Å²) in [4.78, 5) is 4.17. The molecule has 0 saturated carbocycles. The van der Waals surface area contributed by atoms with E-state index in [2.05, 4.69) is 73.6 Å². The Morgan fingerprint density at radius 2 is 1.11 bits per heavy atom. The molecule has 0 spiro atoms. The van der Waals surface area contributed by atoms with Crippen LogP contribution < -0.4 is 4.90 Å². The summed E-state index contributed by atoms with van der Waals surface area (Å²) >= 11 is 13.6. The minimum atomic E-state index is -0.561. The summed E-state index contributed by atoms with van der Waals surface area (Å²) < 4.78 is 0. The van der Waals surface area contributed by atoms with E-state index in [0.29, 0.717) is 10.0 Å². The highest BCUT2D eigenvalue weighted by Gasteiger charge is 2.40. The molecule has 0 bridgehead atoms. The van der Waals surface area contributed by atoms with Gasteiger partial charge in [-0.3, -0.25) is 4.90 Å². The second kappa shape index (κ2) is 7.93. The first-order chi connectivity index (χ1) is 12.9. The summed E-state index contributed by atoms with van der Waals surface area (Å²) in [6.45, 7) is 0. The van der Waals surface area contributed by atoms with Gasteiger partial charge in [0, 0.05) is 19.7 Å². The molecular weight excluding hydrogens is 375 g/mol. The van der Waals surface area contributed by atoms with Crippen molar-refractivity contribution in [3.8, 4) is 0 Å². The van der Waals surface area contributed by atoms with Crippen LogP contribution in [-0.4, -0.2) is 33.1 Å². The fourth-order valence-corrected chi connectivity index (χ4v) is 4.39. The molecule has 0 N–H and O–H groups in total. The van der Waals surface area contributed by atoms with E-state index in [1.54, 1.807) is 0 Å². The van der Waals surface area contributed by atoms with Gasteiger partial charge in [-0.05, 0) is 31.3 Å². The number of nitrogens with zero attached hydrogens (tertiary/aromatic N) is 2. The van der Waals surface area contributed by atoms with Gasteiger partial charge in [-0.1, -0.05) is 89.9 Å². The molecule has 2 nitrogen and oxygen atoms in total. The van der Waals surface area contributed by atoms with Crippen LogP contribution in [0, 0.1) is 0 Å². The van der Waals surface area contributed by atoms with Crippen LogP contribution in [0.1, 0.15) is 16.7 Å². The Kier molecular flexibility index (Phi) is 5.81. The largest absolute Gasteiger partial charge is 0.376 e. The van der Waals surface area contributed by atoms with E-state index in [0.717, 1.165) is 22.4 Å². The van der Waals surface area contributed by atoms with Crippen molar-refractivity contribution in [2.24, 2.45) is 0 Å². The predicted octanol–water partition coefficient (Wildman–Crippen LogP) is 5.91. The van der Waals surface area contributed by atoms with Gasteiger partial charge in [-0.25, -0.2) is 0 Å². The maximum absolute atomic E-state index is 6.89. The lowest BCUT2D eigenvalue weighted by Crippen LogP contribution is -2.44. The summed E-state index contributed by atoms with van der Waals surface area (Å²) in [5.41, 5.74) is 3.57. The average Bonchev–Trinajstić information content (AvgIpc) is 2.67. The van der Waals surface area contributed by atoms with Crippen molar-refractivity contribution >= 4 is 28.9 Å². The minimum absolute atomic E-state index is 0.561. The van der Waals surface area contributed by atoms with Crippen LogP contribution in [0.25, 0.3) is 0 Å². The van der Waals surface area contributed by atoms with Crippen molar-refractivity contribution in [2.75, 3.05) is 33.1 Å². The molecular formula is C23H24Cl2N2. The molecule has 3 rings (SSSR count). The second-order valence-corrected chi connectivity index (χ2v) is 7.75. The zero-order chi connectivity index (χ0) is 19.6. The van der Waals surface area contributed by atoms with Crippen molar-refractivity contribution in [2.45, 2.75) is 5.54 Å². The maximum atomic E-state index is 6.89. The Labute approximate surface area is 171 Å². The predicted molar refractivity (Wildman–Crippen MR) is 117 cm³/mol. The molecule has 27 heavy (non-hydrogen) atoms. The first kappa shape index (κ1) is 19.8. The molecule has 0 unspecified atom stereocenters. The zero-order valence-electron chi connectivity index (χ0n) is 16.1. The molecule has 140 valence electrons. The van der Waals surface area contributed by atoms with Crippen molar-refractivity contribution in [1.82, 2.24) is 4.90 Å².